The van der Waals surface area contributed by atoms with Gasteiger partial charge in [0.2, 0.25) is 11.8 Å². The first-order valence-corrected chi connectivity index (χ1v) is 12.0. The topological polar surface area (TPSA) is 102 Å². The fourth-order valence-electron chi connectivity index (χ4n) is 4.69. The molecule has 2 atom stereocenters. The molecule has 0 aliphatic carbocycles. The van der Waals surface area contributed by atoms with E-state index in [0.717, 1.165) is 11.1 Å². The van der Waals surface area contributed by atoms with Crippen molar-refractivity contribution in [3.8, 4) is 0 Å². The highest BCUT2D eigenvalue weighted by atomic mass is 19.4. The first-order chi connectivity index (χ1) is 17.5. The number of alkyl halides is 3. The number of anilines is 1. The fourth-order valence-corrected chi connectivity index (χ4v) is 4.69. The van der Waals surface area contributed by atoms with Crippen molar-refractivity contribution in [3.63, 3.8) is 0 Å². The van der Waals surface area contributed by atoms with E-state index in [-0.39, 0.29) is 23.8 Å². The minimum atomic E-state index is -4.53. The molecule has 8 nitrogen and oxygen atoms in total. The van der Waals surface area contributed by atoms with Crippen LogP contribution in [0.2, 0.25) is 0 Å². The molecule has 0 saturated carbocycles. The normalized spacial score (nSPS) is 18.3. The average Bonchev–Trinajstić information content (AvgIpc) is 3.43. The van der Waals surface area contributed by atoms with E-state index in [4.69, 9.17) is 0 Å². The van der Waals surface area contributed by atoms with E-state index in [1.54, 1.807) is 30.1 Å². The van der Waals surface area contributed by atoms with Gasteiger partial charge in [-0.05, 0) is 41.3 Å². The molecule has 1 fully saturated rings. The number of likely N-dealkylation sites (tertiary alicyclic amines) is 1. The molecule has 4 rings (SSSR count). The molecular formula is C26H29F3N4O4. The maximum absolute atomic E-state index is 13.3. The number of β-amino-alcohol motifs (C(OH)–C–C–N with tert-alkyl or cyclic N) is 1. The molecule has 0 bridgehead atoms. The lowest BCUT2D eigenvalue weighted by molar-refractivity contribution is -0.131. The summed E-state index contributed by atoms with van der Waals surface area (Å²) in [4.78, 5) is 40.9. The van der Waals surface area contributed by atoms with Crippen LogP contribution in [0.3, 0.4) is 0 Å². The van der Waals surface area contributed by atoms with Gasteiger partial charge in [0.25, 0.3) is 5.91 Å². The number of halogens is 3. The van der Waals surface area contributed by atoms with E-state index in [1.807, 2.05) is 22.3 Å². The number of carbonyl (C=O) groups excluding carboxylic acids is 3. The maximum Gasteiger partial charge on any atom is 0.405 e. The van der Waals surface area contributed by atoms with Gasteiger partial charge in [-0.2, -0.15) is 13.2 Å². The van der Waals surface area contributed by atoms with E-state index >= 15 is 0 Å². The number of nitrogens with one attached hydrogen (secondary N) is 2. The number of rotatable bonds is 8. The Labute approximate surface area is 212 Å². The van der Waals surface area contributed by atoms with Gasteiger partial charge in [-0.15, -0.1) is 0 Å². The molecule has 11 heteroatoms. The summed E-state index contributed by atoms with van der Waals surface area (Å²) >= 11 is 0. The Hall–Kier alpha value is -3.44. The monoisotopic (exact) mass is 518 g/mol. The molecule has 0 unspecified atom stereocenters. The zero-order valence-corrected chi connectivity index (χ0v) is 20.3. The van der Waals surface area contributed by atoms with Gasteiger partial charge in [-0.25, -0.2) is 0 Å². The zero-order valence-electron chi connectivity index (χ0n) is 20.3. The first-order valence-electron chi connectivity index (χ1n) is 12.0. The van der Waals surface area contributed by atoms with Crippen molar-refractivity contribution in [3.05, 3.63) is 64.7 Å². The minimum Gasteiger partial charge on any atom is -0.392 e. The number of aliphatic hydroxyl groups excluding tert-OH is 1. The number of amides is 3. The van der Waals surface area contributed by atoms with Gasteiger partial charge >= 0.3 is 6.18 Å². The van der Waals surface area contributed by atoms with Crippen LogP contribution in [-0.4, -0.2) is 78.1 Å². The van der Waals surface area contributed by atoms with Gasteiger partial charge in [0.05, 0.1) is 25.0 Å². The molecule has 0 radical (unpaired) electrons. The summed E-state index contributed by atoms with van der Waals surface area (Å²) in [6.07, 6.45) is -4.02. The van der Waals surface area contributed by atoms with Crippen LogP contribution in [0.4, 0.5) is 18.9 Å². The molecule has 198 valence electrons. The van der Waals surface area contributed by atoms with Crippen LogP contribution in [0.5, 0.6) is 0 Å². The van der Waals surface area contributed by atoms with E-state index in [2.05, 4.69) is 5.32 Å². The van der Waals surface area contributed by atoms with E-state index in [9.17, 15) is 32.7 Å². The van der Waals surface area contributed by atoms with Gasteiger partial charge in [0, 0.05) is 37.9 Å². The van der Waals surface area contributed by atoms with Gasteiger partial charge in [0.15, 0.2) is 0 Å². The van der Waals surface area contributed by atoms with Crippen LogP contribution < -0.4 is 10.6 Å². The van der Waals surface area contributed by atoms with Gasteiger partial charge in [0.1, 0.15) is 6.54 Å². The van der Waals surface area contributed by atoms with Crippen molar-refractivity contribution in [1.29, 1.82) is 0 Å². The second-order valence-electron chi connectivity index (χ2n) is 9.54. The molecule has 37 heavy (non-hydrogen) atoms. The van der Waals surface area contributed by atoms with Crippen molar-refractivity contribution in [2.45, 2.75) is 37.6 Å². The third-order valence-corrected chi connectivity index (χ3v) is 6.68. The number of aliphatic hydroxyl groups is 1. The van der Waals surface area contributed by atoms with Crippen molar-refractivity contribution in [2.75, 3.05) is 38.5 Å². The molecule has 2 aliphatic rings. The molecule has 2 aromatic carbocycles. The predicted molar refractivity (Wildman–Crippen MR) is 130 cm³/mol. The lowest BCUT2D eigenvalue weighted by Gasteiger charge is -2.32. The Morgan fingerprint density at radius 1 is 1.24 bits per heavy atom. The smallest absolute Gasteiger partial charge is 0.392 e. The Morgan fingerprint density at radius 3 is 2.73 bits per heavy atom. The largest absolute Gasteiger partial charge is 0.405 e. The SMILES string of the molecule is CN(C(=O)Cc1ccc2c(c1)NC(=O)C2)[C@H](CN1CC[C@H](O)C1)c1cccc(C(=O)NCC(F)(F)F)c1. The van der Waals surface area contributed by atoms with Gasteiger partial charge in [-0.3, -0.25) is 19.3 Å². The number of fused-ring (bicyclic) bond motifs is 1. The number of hydrogen-bond donors (Lipinski definition) is 3. The van der Waals surface area contributed by atoms with Gasteiger partial charge < -0.3 is 20.6 Å². The summed E-state index contributed by atoms with van der Waals surface area (Å²) in [6, 6.07) is 11.1. The second-order valence-corrected chi connectivity index (χ2v) is 9.54. The molecule has 2 aromatic rings. The third-order valence-electron chi connectivity index (χ3n) is 6.68. The molecule has 2 heterocycles. The summed E-state index contributed by atoms with van der Waals surface area (Å²) in [5.74, 6) is -1.16. The van der Waals surface area contributed by atoms with E-state index < -0.39 is 30.8 Å². The maximum atomic E-state index is 13.3. The van der Waals surface area contributed by atoms with E-state index in [1.165, 1.54) is 12.1 Å². The Morgan fingerprint density at radius 2 is 2.03 bits per heavy atom. The average molecular weight is 519 g/mol. The number of benzene rings is 2. The summed E-state index contributed by atoms with van der Waals surface area (Å²) in [7, 11) is 1.64. The minimum absolute atomic E-state index is 0.0587. The van der Waals surface area contributed by atoms with Crippen molar-refractivity contribution in [2.24, 2.45) is 0 Å². The molecule has 3 amide bonds. The first kappa shape index (κ1) is 26.6. The van der Waals surface area contributed by atoms with Crippen LogP contribution in [0.25, 0.3) is 0 Å². The zero-order chi connectivity index (χ0) is 26.7. The van der Waals surface area contributed by atoms with Crippen LogP contribution in [0, 0.1) is 0 Å². The molecule has 3 N–H and O–H groups in total. The summed E-state index contributed by atoms with van der Waals surface area (Å²) < 4.78 is 37.7. The second kappa shape index (κ2) is 10.9. The number of nitrogens with zero attached hydrogens (tertiary/aromatic N) is 2. The Balaban J connectivity index is 1.53. The van der Waals surface area contributed by atoms with Crippen molar-refractivity contribution < 1.29 is 32.7 Å². The number of carbonyl (C=O) groups is 3. The highest BCUT2D eigenvalue weighted by Crippen LogP contribution is 2.27. The summed E-state index contributed by atoms with van der Waals surface area (Å²) in [6.45, 7) is 0.0166. The number of likely N-dealkylation sites (N-methyl/N-ethyl adjacent to an activating group) is 1. The van der Waals surface area contributed by atoms with E-state index in [0.29, 0.717) is 43.7 Å². The van der Waals surface area contributed by atoms with Gasteiger partial charge in [-0.1, -0.05) is 24.3 Å². The predicted octanol–water partition coefficient (Wildman–Crippen LogP) is 2.28. The lowest BCUT2D eigenvalue weighted by atomic mass is 10.0. The Bertz CT molecular complexity index is 1190. The fraction of sp³-hybridized carbons (Fsp3) is 0.423. The molecule has 0 spiro atoms. The molecular weight excluding hydrogens is 489 g/mol. The Kier molecular flexibility index (Phi) is 7.84. The van der Waals surface area contributed by atoms with Crippen LogP contribution in [-0.2, 0) is 22.4 Å². The van der Waals surface area contributed by atoms with Crippen molar-refractivity contribution >= 4 is 23.4 Å². The summed E-state index contributed by atoms with van der Waals surface area (Å²) in [5.41, 5.74) is 2.95. The van der Waals surface area contributed by atoms with Crippen LogP contribution in [0.15, 0.2) is 42.5 Å². The molecule has 2 aliphatic heterocycles. The standard InChI is InChI=1S/C26H29F3N4O4/c1-32(24(36)10-16-5-6-17-12-23(35)31-21(17)9-16)22(14-33-8-7-20(34)13-33)18-3-2-4-19(11-18)25(37)30-15-26(27,28)29/h2-6,9,11,20,22,34H,7-8,10,12-15H2,1H3,(H,30,37)(H,31,35)/t20-,22+/m0/s1. The van der Waals surface area contributed by atoms with Crippen LogP contribution >= 0.6 is 0 Å². The molecule has 1 saturated heterocycles. The van der Waals surface area contributed by atoms with Crippen molar-refractivity contribution in [1.82, 2.24) is 15.1 Å². The summed E-state index contributed by atoms with van der Waals surface area (Å²) in [5, 5.41) is 14.6. The number of hydrogen-bond acceptors (Lipinski definition) is 5. The third kappa shape index (κ3) is 6.86. The lowest BCUT2D eigenvalue weighted by Crippen LogP contribution is -2.40. The molecule has 0 aromatic heterocycles. The quantitative estimate of drug-likeness (QED) is 0.498. The van der Waals surface area contributed by atoms with Crippen LogP contribution in [0.1, 0.15) is 39.5 Å². The highest BCUT2D eigenvalue weighted by molar-refractivity contribution is 5.99. The highest BCUT2D eigenvalue weighted by Gasteiger charge is 2.30.